The summed E-state index contributed by atoms with van der Waals surface area (Å²) in [5.74, 6) is 4.72. The Morgan fingerprint density at radius 3 is 2.69 bits per heavy atom. The summed E-state index contributed by atoms with van der Waals surface area (Å²) in [6, 6.07) is 5.83. The average Bonchev–Trinajstić information content (AvgIpc) is 2.99. The van der Waals surface area contributed by atoms with E-state index in [2.05, 4.69) is 28.0 Å². The van der Waals surface area contributed by atoms with E-state index in [-0.39, 0.29) is 5.91 Å². The summed E-state index contributed by atoms with van der Waals surface area (Å²) in [6.07, 6.45) is 6.83. The highest BCUT2D eigenvalue weighted by atomic mass is 16.5. The van der Waals surface area contributed by atoms with E-state index in [4.69, 9.17) is 10.00 Å². The summed E-state index contributed by atoms with van der Waals surface area (Å²) in [4.78, 5) is 17.3. The predicted octanol–water partition coefficient (Wildman–Crippen LogP) is 3.24. The van der Waals surface area contributed by atoms with E-state index in [1.807, 2.05) is 13.8 Å². The van der Waals surface area contributed by atoms with Gasteiger partial charge < -0.3 is 4.74 Å². The third-order valence-electron chi connectivity index (χ3n) is 8.08. The van der Waals surface area contributed by atoms with Crippen molar-refractivity contribution in [3.05, 3.63) is 23.9 Å². The molecule has 29 heavy (non-hydrogen) atoms. The monoisotopic (exact) mass is 394 g/mol. The molecule has 6 nitrogen and oxygen atoms in total. The number of fused-ring (bicyclic) bond motifs is 1. The molecule has 0 radical (unpaired) electrons. The van der Waals surface area contributed by atoms with Crippen molar-refractivity contribution in [2.24, 2.45) is 29.6 Å². The van der Waals surface area contributed by atoms with Crippen molar-refractivity contribution in [3.8, 4) is 11.9 Å². The molecule has 2 heterocycles. The van der Waals surface area contributed by atoms with Crippen molar-refractivity contribution in [1.82, 2.24) is 15.0 Å². The van der Waals surface area contributed by atoms with E-state index in [1.54, 1.807) is 12.1 Å². The predicted molar refractivity (Wildman–Crippen MR) is 107 cm³/mol. The van der Waals surface area contributed by atoms with Crippen LogP contribution in [0.2, 0.25) is 0 Å². The molecule has 1 aromatic heterocycles. The number of nitriles is 1. The first-order chi connectivity index (χ1) is 13.9. The van der Waals surface area contributed by atoms with Crippen molar-refractivity contribution in [1.29, 1.82) is 5.26 Å². The first-order valence-electron chi connectivity index (χ1n) is 11.0. The lowest BCUT2D eigenvalue weighted by atomic mass is 9.63. The Morgan fingerprint density at radius 2 is 1.97 bits per heavy atom. The summed E-state index contributed by atoms with van der Waals surface area (Å²) in [6.45, 7) is 7.51. The largest absolute Gasteiger partial charge is 0.476 e. The summed E-state index contributed by atoms with van der Waals surface area (Å²) < 4.78 is 5.81. The zero-order valence-corrected chi connectivity index (χ0v) is 17.5. The Kier molecular flexibility index (Phi) is 4.36. The second-order valence-corrected chi connectivity index (χ2v) is 10.0. The number of hydrazine groups is 1. The molecule has 3 saturated carbocycles. The fourth-order valence-electron chi connectivity index (χ4n) is 6.67. The highest BCUT2D eigenvalue weighted by Crippen LogP contribution is 2.60. The molecule has 5 rings (SSSR count). The Morgan fingerprint density at radius 1 is 1.21 bits per heavy atom. The number of ether oxygens (including phenoxy) is 1. The van der Waals surface area contributed by atoms with Gasteiger partial charge in [-0.3, -0.25) is 9.80 Å². The van der Waals surface area contributed by atoms with Gasteiger partial charge in [-0.2, -0.15) is 10.3 Å². The number of amides is 1. The van der Waals surface area contributed by atoms with E-state index >= 15 is 0 Å². The molecule has 1 saturated heterocycles. The van der Waals surface area contributed by atoms with Gasteiger partial charge in [-0.25, -0.2) is 4.98 Å². The fraction of sp³-hybridized carbons (Fsp3) is 0.696. The van der Waals surface area contributed by atoms with Crippen LogP contribution in [0.1, 0.15) is 52.0 Å². The van der Waals surface area contributed by atoms with E-state index in [0.29, 0.717) is 42.5 Å². The van der Waals surface area contributed by atoms with Crippen LogP contribution in [-0.2, 0) is 4.79 Å². The smallest absolute Gasteiger partial charge is 0.258 e. The zero-order chi connectivity index (χ0) is 20.3. The fourth-order valence-corrected chi connectivity index (χ4v) is 6.67. The molecule has 3 aliphatic carbocycles. The highest BCUT2D eigenvalue weighted by Gasteiger charge is 2.61. The van der Waals surface area contributed by atoms with Gasteiger partial charge in [-0.15, -0.1) is 0 Å². The second kappa shape index (κ2) is 6.70. The van der Waals surface area contributed by atoms with Crippen LogP contribution in [-0.4, -0.2) is 45.6 Å². The zero-order valence-electron chi connectivity index (χ0n) is 17.5. The Hall–Kier alpha value is -2.13. The molecular weight excluding hydrogens is 364 g/mol. The molecule has 1 amide bonds. The van der Waals surface area contributed by atoms with E-state index in [9.17, 15) is 4.79 Å². The molecule has 1 aromatic rings. The van der Waals surface area contributed by atoms with Crippen LogP contribution >= 0.6 is 0 Å². The Balaban J connectivity index is 1.28. The van der Waals surface area contributed by atoms with Crippen molar-refractivity contribution >= 4 is 5.91 Å². The van der Waals surface area contributed by atoms with Gasteiger partial charge in [0.05, 0.1) is 18.2 Å². The van der Waals surface area contributed by atoms with Crippen LogP contribution in [0.5, 0.6) is 5.88 Å². The number of hydrogen-bond donors (Lipinski definition) is 0. The minimum absolute atomic E-state index is 0.255. The number of carbonyl (C=O) groups excluding carboxylic acids is 1. The van der Waals surface area contributed by atoms with Gasteiger partial charge in [0.25, 0.3) is 5.91 Å². The Bertz CT molecular complexity index is 845. The maximum Gasteiger partial charge on any atom is 0.258 e. The van der Waals surface area contributed by atoms with Gasteiger partial charge in [-0.05, 0) is 75.2 Å². The van der Waals surface area contributed by atoms with Gasteiger partial charge in [0.2, 0.25) is 5.88 Å². The first-order valence-corrected chi connectivity index (χ1v) is 11.0. The van der Waals surface area contributed by atoms with Crippen molar-refractivity contribution in [2.75, 3.05) is 13.2 Å². The van der Waals surface area contributed by atoms with Crippen LogP contribution in [0.25, 0.3) is 0 Å². The molecule has 6 heteroatoms. The van der Waals surface area contributed by atoms with Gasteiger partial charge in [0.15, 0.2) is 0 Å². The lowest BCUT2D eigenvalue weighted by Gasteiger charge is -2.60. The minimum Gasteiger partial charge on any atom is -0.476 e. The number of carbonyl (C=O) groups is 1. The van der Waals surface area contributed by atoms with Gasteiger partial charge in [0, 0.05) is 12.3 Å². The SMILES string of the molecule is CC1CC2CC3CC(CC23)C1N1C(=O)C(C)(C)N1CCOc1ccc(C#N)cn1. The molecule has 0 N–H and O–H groups in total. The number of rotatable bonds is 5. The summed E-state index contributed by atoms with van der Waals surface area (Å²) >= 11 is 0. The summed E-state index contributed by atoms with van der Waals surface area (Å²) in [7, 11) is 0. The van der Waals surface area contributed by atoms with Crippen LogP contribution < -0.4 is 4.74 Å². The van der Waals surface area contributed by atoms with Crippen LogP contribution in [0.15, 0.2) is 18.3 Å². The van der Waals surface area contributed by atoms with Crippen LogP contribution in [0.3, 0.4) is 0 Å². The molecule has 6 unspecified atom stereocenters. The molecule has 2 bridgehead atoms. The van der Waals surface area contributed by atoms with Crippen molar-refractivity contribution < 1.29 is 9.53 Å². The first kappa shape index (κ1) is 18.9. The van der Waals surface area contributed by atoms with Crippen LogP contribution in [0, 0.1) is 40.9 Å². The minimum atomic E-state index is -0.478. The van der Waals surface area contributed by atoms with E-state index in [0.717, 1.165) is 17.8 Å². The van der Waals surface area contributed by atoms with Gasteiger partial charge in [0.1, 0.15) is 18.2 Å². The molecule has 0 spiro atoms. The third kappa shape index (κ3) is 2.85. The molecule has 6 atom stereocenters. The quantitative estimate of drug-likeness (QED) is 0.767. The topological polar surface area (TPSA) is 69.5 Å². The molecule has 154 valence electrons. The van der Waals surface area contributed by atoms with Crippen molar-refractivity contribution in [2.45, 2.75) is 58.0 Å². The number of nitrogens with zero attached hydrogens (tertiary/aromatic N) is 4. The standard InChI is InChI=1S/C23H30N4O2/c1-14-8-16-9-17-10-18(11-19(16)17)21(14)27-22(28)23(2,3)26(27)6-7-29-20-5-4-15(12-24)13-25-20/h4-5,13-14,16-19,21H,6-11H2,1-3H3. The highest BCUT2D eigenvalue weighted by molar-refractivity contribution is 5.90. The number of pyridine rings is 1. The second-order valence-electron chi connectivity index (χ2n) is 10.0. The average molecular weight is 395 g/mol. The summed E-state index contributed by atoms with van der Waals surface area (Å²) in [5, 5.41) is 13.2. The Labute approximate surface area is 172 Å². The number of aromatic nitrogens is 1. The third-order valence-corrected chi connectivity index (χ3v) is 8.08. The van der Waals surface area contributed by atoms with Crippen LogP contribution in [0.4, 0.5) is 0 Å². The van der Waals surface area contributed by atoms with Gasteiger partial charge in [-0.1, -0.05) is 6.92 Å². The molecule has 0 aromatic carbocycles. The molecule has 1 aliphatic heterocycles. The lowest BCUT2D eigenvalue weighted by Crippen LogP contribution is -2.78. The normalized spacial score (nSPS) is 37.3. The maximum atomic E-state index is 13.1. The molecule has 4 aliphatic rings. The maximum absolute atomic E-state index is 13.1. The van der Waals surface area contributed by atoms with Gasteiger partial charge >= 0.3 is 0 Å². The van der Waals surface area contributed by atoms with E-state index < -0.39 is 5.54 Å². The van der Waals surface area contributed by atoms with E-state index in [1.165, 1.54) is 31.9 Å². The van der Waals surface area contributed by atoms with Crippen molar-refractivity contribution in [3.63, 3.8) is 0 Å². The number of hydrogen-bond acceptors (Lipinski definition) is 5. The lowest BCUT2D eigenvalue weighted by molar-refractivity contribution is -0.236. The molecular formula is C23H30N4O2. The molecule has 4 fully saturated rings. The summed E-state index contributed by atoms with van der Waals surface area (Å²) in [5.41, 5.74) is 0.0438.